The van der Waals surface area contributed by atoms with Gasteiger partial charge in [0.15, 0.2) is 0 Å². The molecule has 0 saturated heterocycles. The van der Waals surface area contributed by atoms with Gasteiger partial charge in [0.05, 0.1) is 0 Å². The summed E-state index contributed by atoms with van der Waals surface area (Å²) in [7, 11) is 0. The molecular weight excluding hydrogens is 299 g/mol. The van der Waals surface area contributed by atoms with Crippen LogP contribution in [0.15, 0.2) is 0 Å². The van der Waals surface area contributed by atoms with Crippen molar-refractivity contribution in [2.45, 2.75) is 13.8 Å². The summed E-state index contributed by atoms with van der Waals surface area (Å²) in [6.07, 6.45) is 0. The predicted molar refractivity (Wildman–Crippen MR) is 30.4 cm³/mol. The van der Waals surface area contributed by atoms with Crippen LogP contribution in [0.1, 0.15) is 16.7 Å². The summed E-state index contributed by atoms with van der Waals surface area (Å²) in [4.78, 5) is 19.6. The van der Waals surface area contributed by atoms with Gasteiger partial charge in [0.25, 0.3) is 0 Å². The Labute approximate surface area is 110 Å². The molecule has 0 amide bonds. The minimum Gasteiger partial charge on any atom is -1.00 e. The molecule has 0 aliphatic rings. The maximum absolute atomic E-state index is 9.81. The summed E-state index contributed by atoms with van der Waals surface area (Å²) in [5.74, 6) is -1.12. The summed E-state index contributed by atoms with van der Waals surface area (Å²) in [6.45, 7) is 2.36. The van der Waals surface area contributed by atoms with Crippen molar-refractivity contribution in [2.75, 3.05) is 0 Å². The van der Waals surface area contributed by atoms with Crippen LogP contribution in [0.5, 0.6) is 0 Å². The van der Waals surface area contributed by atoms with E-state index >= 15 is 0 Å². The van der Waals surface area contributed by atoms with Gasteiger partial charge in [-0.2, -0.15) is 0 Å². The molecular formula is C4H8BaO3Zn. The van der Waals surface area contributed by atoms with Crippen molar-refractivity contribution in [3.8, 4) is 0 Å². The van der Waals surface area contributed by atoms with Crippen LogP contribution >= 0.6 is 0 Å². The van der Waals surface area contributed by atoms with Gasteiger partial charge >= 0.3 is 60.8 Å². The van der Waals surface area contributed by atoms with Crippen molar-refractivity contribution in [3.05, 3.63) is 0 Å². The summed E-state index contributed by atoms with van der Waals surface area (Å²) in [6, 6.07) is 0. The molecule has 0 aromatic rings. The van der Waals surface area contributed by atoms with E-state index in [0.717, 1.165) is 0 Å². The molecule has 0 spiro atoms. The molecule has 0 N–H and O–H groups in total. The number of rotatable bonds is 0. The molecule has 0 aromatic heterocycles. The first-order chi connectivity index (χ1) is 3.13. The second-order valence-electron chi connectivity index (χ2n) is 1.09. The molecule has 46 valence electrons. The standard InChI is InChI=1S/C4H6O3.Ba.Zn.2H/c1-3(5)7-4(2)6;;;;/h1-2H3;;;;/q;+2;;2*-1. The molecule has 0 heterocycles. The second kappa shape index (κ2) is 9.33. The number of carbonyl (C=O) groups is 2. The van der Waals surface area contributed by atoms with Crippen molar-refractivity contribution >= 4 is 60.8 Å². The second-order valence-corrected chi connectivity index (χ2v) is 1.09. The molecule has 3 nitrogen and oxygen atoms in total. The van der Waals surface area contributed by atoms with E-state index in [-0.39, 0.29) is 71.2 Å². The summed E-state index contributed by atoms with van der Waals surface area (Å²) >= 11 is 0. The van der Waals surface area contributed by atoms with Crippen LogP contribution < -0.4 is 0 Å². The fourth-order valence-corrected chi connectivity index (χ4v) is 0.202. The third-order valence-electron chi connectivity index (χ3n) is 0.287. The fourth-order valence-electron chi connectivity index (χ4n) is 0.202. The Bertz CT molecular complexity index is 99.5. The largest absolute Gasteiger partial charge is 2.00 e. The number of hydrogen-bond acceptors (Lipinski definition) is 3. The van der Waals surface area contributed by atoms with Crippen LogP contribution in [0.2, 0.25) is 0 Å². The Morgan fingerprint density at radius 3 is 1.44 bits per heavy atom. The van der Waals surface area contributed by atoms with E-state index in [0.29, 0.717) is 0 Å². The van der Waals surface area contributed by atoms with Gasteiger partial charge in [0, 0.05) is 33.3 Å². The van der Waals surface area contributed by atoms with Gasteiger partial charge in [-0.05, 0) is 0 Å². The van der Waals surface area contributed by atoms with Gasteiger partial charge < -0.3 is 7.59 Å². The van der Waals surface area contributed by atoms with E-state index in [1.54, 1.807) is 0 Å². The number of ether oxygens (including phenoxy) is 1. The van der Waals surface area contributed by atoms with Gasteiger partial charge in [-0.1, -0.05) is 0 Å². The third kappa shape index (κ3) is 17.6. The van der Waals surface area contributed by atoms with Gasteiger partial charge in [0.1, 0.15) is 0 Å². The Hall–Kier alpha value is 1.33. The predicted octanol–water partition coefficient (Wildman–Crippen LogP) is -0.0623. The minimum atomic E-state index is -0.562. The molecule has 9 heavy (non-hydrogen) atoms. The Kier molecular flexibility index (Phi) is 17.4. The topological polar surface area (TPSA) is 43.4 Å². The first-order valence-electron chi connectivity index (χ1n) is 1.82. The molecule has 0 aliphatic carbocycles. The third-order valence-corrected chi connectivity index (χ3v) is 0.287. The molecule has 0 radical (unpaired) electrons. The van der Waals surface area contributed by atoms with Gasteiger partial charge in [0.2, 0.25) is 0 Å². The fraction of sp³-hybridized carbons (Fsp3) is 0.500. The maximum Gasteiger partial charge on any atom is 2.00 e. The number of hydrogen-bond donors (Lipinski definition) is 0. The molecule has 0 fully saturated rings. The minimum absolute atomic E-state index is 0. The van der Waals surface area contributed by atoms with Crippen molar-refractivity contribution in [3.63, 3.8) is 0 Å². The van der Waals surface area contributed by atoms with Crippen LogP contribution in [0.4, 0.5) is 0 Å². The van der Waals surface area contributed by atoms with Crippen molar-refractivity contribution < 1.29 is 36.7 Å². The first kappa shape index (κ1) is 16.7. The van der Waals surface area contributed by atoms with Crippen molar-refractivity contribution in [1.29, 1.82) is 0 Å². The molecule has 0 aliphatic heterocycles. The first-order valence-corrected chi connectivity index (χ1v) is 1.82. The van der Waals surface area contributed by atoms with Crippen molar-refractivity contribution in [2.24, 2.45) is 0 Å². The zero-order chi connectivity index (χ0) is 5.86. The molecule has 0 atom stereocenters. The zero-order valence-electron chi connectivity index (χ0n) is 7.64. The molecule has 0 aromatic carbocycles. The van der Waals surface area contributed by atoms with E-state index in [1.807, 2.05) is 0 Å². The molecule has 0 unspecified atom stereocenters. The van der Waals surface area contributed by atoms with Crippen LogP contribution in [0.25, 0.3) is 0 Å². The Balaban J connectivity index is -0.0000000300. The molecule has 5 heteroatoms. The van der Waals surface area contributed by atoms with Gasteiger partial charge in [-0.3, -0.25) is 9.59 Å². The van der Waals surface area contributed by atoms with E-state index in [2.05, 4.69) is 4.74 Å². The van der Waals surface area contributed by atoms with Gasteiger partial charge in [-0.25, -0.2) is 0 Å². The maximum atomic E-state index is 9.81. The number of carbonyl (C=O) groups excluding carboxylic acids is 2. The molecule has 0 bridgehead atoms. The Morgan fingerprint density at radius 1 is 1.22 bits per heavy atom. The van der Waals surface area contributed by atoms with Crippen LogP contribution in [-0.4, -0.2) is 60.8 Å². The average Bonchev–Trinajstić information content (AvgIpc) is 1.27. The van der Waals surface area contributed by atoms with E-state index in [9.17, 15) is 9.59 Å². The normalized spacial score (nSPS) is 6.00. The monoisotopic (exact) mass is 306 g/mol. The number of esters is 2. The van der Waals surface area contributed by atoms with Crippen LogP contribution in [-0.2, 0) is 33.8 Å². The van der Waals surface area contributed by atoms with Crippen LogP contribution in [0.3, 0.4) is 0 Å². The smallest absolute Gasteiger partial charge is 1.00 e. The van der Waals surface area contributed by atoms with E-state index in [4.69, 9.17) is 0 Å². The average molecular weight is 307 g/mol. The molecule has 0 rings (SSSR count). The quantitative estimate of drug-likeness (QED) is 0.358. The van der Waals surface area contributed by atoms with E-state index < -0.39 is 11.9 Å². The summed E-state index contributed by atoms with van der Waals surface area (Å²) in [5.41, 5.74) is 0. The SMILES string of the molecule is CC(=O)OC(C)=O.[Ba+2].[H-].[H-].[Zn]. The summed E-state index contributed by atoms with van der Waals surface area (Å²) < 4.78 is 3.97. The Morgan fingerprint density at radius 2 is 1.44 bits per heavy atom. The van der Waals surface area contributed by atoms with Crippen molar-refractivity contribution in [1.82, 2.24) is 0 Å². The van der Waals surface area contributed by atoms with E-state index in [1.165, 1.54) is 13.8 Å². The summed E-state index contributed by atoms with van der Waals surface area (Å²) in [5, 5.41) is 0. The molecule has 0 saturated carbocycles. The van der Waals surface area contributed by atoms with Crippen LogP contribution in [0, 0.1) is 0 Å². The van der Waals surface area contributed by atoms with Gasteiger partial charge in [-0.15, -0.1) is 0 Å². The zero-order valence-corrected chi connectivity index (χ0v) is 13.0.